The van der Waals surface area contributed by atoms with Crippen molar-refractivity contribution in [2.75, 3.05) is 26.2 Å². The monoisotopic (exact) mass is 308 g/mol. The summed E-state index contributed by atoms with van der Waals surface area (Å²) in [7, 11) is 0. The SMILES string of the molecule is CC(C)CC(O)C(=O)N1CCCN(C(=O)c2ccco2)CC1. The van der Waals surface area contributed by atoms with Gasteiger partial charge in [0.2, 0.25) is 0 Å². The third-order valence-corrected chi connectivity index (χ3v) is 3.81. The molecule has 1 aromatic rings. The highest BCUT2D eigenvalue weighted by molar-refractivity contribution is 5.91. The summed E-state index contributed by atoms with van der Waals surface area (Å²) in [6, 6.07) is 3.33. The molecule has 0 radical (unpaired) electrons. The first-order chi connectivity index (χ1) is 10.5. The number of hydrogen-bond donors (Lipinski definition) is 1. The maximum absolute atomic E-state index is 12.2. The van der Waals surface area contributed by atoms with E-state index in [1.807, 2.05) is 13.8 Å². The highest BCUT2D eigenvalue weighted by Gasteiger charge is 2.27. The van der Waals surface area contributed by atoms with Crippen LogP contribution in [0.2, 0.25) is 0 Å². The predicted molar refractivity (Wildman–Crippen MR) is 81.3 cm³/mol. The molecular weight excluding hydrogens is 284 g/mol. The average molecular weight is 308 g/mol. The first kappa shape index (κ1) is 16.5. The molecule has 1 aliphatic rings. The van der Waals surface area contributed by atoms with Crippen molar-refractivity contribution in [2.24, 2.45) is 5.92 Å². The van der Waals surface area contributed by atoms with Crippen molar-refractivity contribution >= 4 is 11.8 Å². The molecule has 2 rings (SSSR count). The summed E-state index contributed by atoms with van der Waals surface area (Å²) in [4.78, 5) is 27.8. The fourth-order valence-corrected chi connectivity index (χ4v) is 2.66. The van der Waals surface area contributed by atoms with Gasteiger partial charge in [-0.15, -0.1) is 0 Å². The van der Waals surface area contributed by atoms with Crippen LogP contribution in [0.4, 0.5) is 0 Å². The van der Waals surface area contributed by atoms with Crippen LogP contribution in [-0.2, 0) is 4.79 Å². The smallest absolute Gasteiger partial charge is 0.289 e. The molecule has 122 valence electrons. The topological polar surface area (TPSA) is 74.0 Å². The molecule has 6 heteroatoms. The Balaban J connectivity index is 1.92. The highest BCUT2D eigenvalue weighted by Crippen LogP contribution is 2.13. The van der Waals surface area contributed by atoms with E-state index in [0.29, 0.717) is 44.8 Å². The molecule has 6 nitrogen and oxygen atoms in total. The predicted octanol–water partition coefficient (Wildman–Crippen LogP) is 1.36. The van der Waals surface area contributed by atoms with E-state index >= 15 is 0 Å². The molecule has 1 aliphatic heterocycles. The summed E-state index contributed by atoms with van der Waals surface area (Å²) in [6.07, 6.45) is 1.69. The molecule has 0 bridgehead atoms. The number of furan rings is 1. The van der Waals surface area contributed by atoms with Crippen LogP contribution in [0, 0.1) is 5.92 Å². The molecule has 1 saturated heterocycles. The molecule has 22 heavy (non-hydrogen) atoms. The Hall–Kier alpha value is -1.82. The largest absolute Gasteiger partial charge is 0.459 e. The first-order valence-corrected chi connectivity index (χ1v) is 7.78. The van der Waals surface area contributed by atoms with E-state index in [0.717, 1.165) is 0 Å². The van der Waals surface area contributed by atoms with Gasteiger partial charge in [-0.1, -0.05) is 13.8 Å². The van der Waals surface area contributed by atoms with Crippen molar-refractivity contribution in [3.63, 3.8) is 0 Å². The molecular formula is C16H24N2O4. The summed E-state index contributed by atoms with van der Waals surface area (Å²) >= 11 is 0. The second kappa shape index (κ2) is 7.45. The fourth-order valence-electron chi connectivity index (χ4n) is 2.66. The Bertz CT molecular complexity index is 498. The lowest BCUT2D eigenvalue weighted by Gasteiger charge is -2.24. The van der Waals surface area contributed by atoms with Gasteiger partial charge in [0, 0.05) is 26.2 Å². The fraction of sp³-hybridized carbons (Fsp3) is 0.625. The van der Waals surface area contributed by atoms with Gasteiger partial charge in [-0.2, -0.15) is 0 Å². The van der Waals surface area contributed by atoms with Gasteiger partial charge in [0.25, 0.3) is 11.8 Å². The van der Waals surface area contributed by atoms with Crippen LogP contribution in [0.5, 0.6) is 0 Å². The van der Waals surface area contributed by atoms with Gasteiger partial charge in [-0.05, 0) is 30.9 Å². The van der Waals surface area contributed by atoms with Crippen LogP contribution in [0.3, 0.4) is 0 Å². The number of hydrogen-bond acceptors (Lipinski definition) is 4. The molecule has 1 fully saturated rings. The summed E-state index contributed by atoms with van der Waals surface area (Å²) in [5, 5.41) is 9.97. The van der Waals surface area contributed by atoms with Crippen LogP contribution in [0.1, 0.15) is 37.2 Å². The van der Waals surface area contributed by atoms with Crippen LogP contribution >= 0.6 is 0 Å². The van der Waals surface area contributed by atoms with E-state index in [1.54, 1.807) is 21.9 Å². The molecule has 1 aromatic heterocycles. The van der Waals surface area contributed by atoms with E-state index in [1.165, 1.54) is 6.26 Å². The second-order valence-electron chi connectivity index (χ2n) is 6.09. The Morgan fingerprint density at radius 2 is 1.91 bits per heavy atom. The molecule has 2 heterocycles. The molecule has 0 aromatic carbocycles. The molecule has 0 spiro atoms. The van der Waals surface area contributed by atoms with Crippen LogP contribution < -0.4 is 0 Å². The molecule has 1 atom stereocenters. The highest BCUT2D eigenvalue weighted by atomic mass is 16.3. The van der Waals surface area contributed by atoms with E-state index in [4.69, 9.17) is 4.42 Å². The van der Waals surface area contributed by atoms with Crippen molar-refractivity contribution in [3.05, 3.63) is 24.2 Å². The Kier molecular flexibility index (Phi) is 5.60. The van der Waals surface area contributed by atoms with Gasteiger partial charge in [0.1, 0.15) is 6.10 Å². The minimum absolute atomic E-state index is 0.151. The van der Waals surface area contributed by atoms with Crippen molar-refractivity contribution in [2.45, 2.75) is 32.8 Å². The van der Waals surface area contributed by atoms with E-state index in [9.17, 15) is 14.7 Å². The lowest BCUT2D eigenvalue weighted by molar-refractivity contribution is -0.140. The van der Waals surface area contributed by atoms with Crippen LogP contribution in [-0.4, -0.2) is 59.0 Å². The van der Waals surface area contributed by atoms with Gasteiger partial charge in [0.05, 0.1) is 6.26 Å². The normalized spacial score (nSPS) is 17.5. The number of rotatable bonds is 4. The van der Waals surface area contributed by atoms with E-state index < -0.39 is 6.10 Å². The Morgan fingerprint density at radius 3 is 2.55 bits per heavy atom. The number of aliphatic hydroxyl groups is 1. The van der Waals surface area contributed by atoms with Gasteiger partial charge in [0.15, 0.2) is 5.76 Å². The number of aliphatic hydroxyl groups excluding tert-OH is 1. The van der Waals surface area contributed by atoms with Gasteiger partial charge < -0.3 is 19.3 Å². The lowest BCUT2D eigenvalue weighted by Crippen LogP contribution is -2.42. The average Bonchev–Trinajstić information content (AvgIpc) is 2.89. The van der Waals surface area contributed by atoms with Crippen molar-refractivity contribution < 1.29 is 19.1 Å². The summed E-state index contributed by atoms with van der Waals surface area (Å²) < 4.78 is 5.13. The minimum Gasteiger partial charge on any atom is -0.459 e. The number of carbonyl (C=O) groups is 2. The van der Waals surface area contributed by atoms with Crippen molar-refractivity contribution in [3.8, 4) is 0 Å². The summed E-state index contributed by atoms with van der Waals surface area (Å²) in [6.45, 7) is 6.00. The second-order valence-corrected chi connectivity index (χ2v) is 6.09. The van der Waals surface area contributed by atoms with Crippen LogP contribution in [0.25, 0.3) is 0 Å². The zero-order valence-corrected chi connectivity index (χ0v) is 13.2. The number of nitrogens with zero attached hydrogens (tertiary/aromatic N) is 2. The number of amides is 2. The quantitative estimate of drug-likeness (QED) is 0.911. The molecule has 2 amide bonds. The van der Waals surface area contributed by atoms with Crippen molar-refractivity contribution in [1.82, 2.24) is 9.80 Å². The molecule has 1 unspecified atom stereocenters. The molecule has 0 aliphatic carbocycles. The first-order valence-electron chi connectivity index (χ1n) is 7.78. The van der Waals surface area contributed by atoms with Gasteiger partial charge >= 0.3 is 0 Å². The Morgan fingerprint density at radius 1 is 1.23 bits per heavy atom. The molecule has 0 saturated carbocycles. The lowest BCUT2D eigenvalue weighted by atomic mass is 10.1. The van der Waals surface area contributed by atoms with Gasteiger partial charge in [-0.25, -0.2) is 0 Å². The maximum atomic E-state index is 12.2. The molecule has 1 N–H and O–H groups in total. The zero-order chi connectivity index (χ0) is 16.1. The van der Waals surface area contributed by atoms with E-state index in [-0.39, 0.29) is 17.7 Å². The maximum Gasteiger partial charge on any atom is 0.289 e. The van der Waals surface area contributed by atoms with E-state index in [2.05, 4.69) is 0 Å². The minimum atomic E-state index is -0.952. The Labute approximate surface area is 130 Å². The third kappa shape index (κ3) is 4.10. The van der Waals surface area contributed by atoms with Gasteiger partial charge in [-0.3, -0.25) is 9.59 Å². The summed E-state index contributed by atoms with van der Waals surface area (Å²) in [5.41, 5.74) is 0. The zero-order valence-electron chi connectivity index (χ0n) is 13.2. The summed E-state index contributed by atoms with van der Waals surface area (Å²) in [5.74, 6) is 0.200. The van der Waals surface area contributed by atoms with Crippen molar-refractivity contribution in [1.29, 1.82) is 0 Å². The standard InChI is InChI=1S/C16H24N2O4/c1-12(2)11-13(19)15(20)17-6-4-7-18(9-8-17)16(21)14-5-3-10-22-14/h3,5,10,12-13,19H,4,6-9,11H2,1-2H3. The number of carbonyl (C=O) groups excluding carboxylic acids is 2. The third-order valence-electron chi connectivity index (χ3n) is 3.81. The van der Waals surface area contributed by atoms with Crippen LogP contribution in [0.15, 0.2) is 22.8 Å².